The number of aryl methyl sites for hydroxylation is 2. The summed E-state index contributed by atoms with van der Waals surface area (Å²) < 4.78 is 10.8. The summed E-state index contributed by atoms with van der Waals surface area (Å²) in [4.78, 5) is 21.2. The number of thiazole rings is 1. The van der Waals surface area contributed by atoms with Gasteiger partial charge in [0.15, 0.2) is 5.96 Å². The number of guanidine groups is 1. The van der Waals surface area contributed by atoms with E-state index in [4.69, 9.17) is 9.47 Å². The number of esters is 1. The van der Waals surface area contributed by atoms with Gasteiger partial charge in [-0.1, -0.05) is 17.7 Å². The largest absolute Gasteiger partial charge is 0.492 e. The Balaban J connectivity index is 1.84. The molecule has 7 nitrogen and oxygen atoms in total. The molecule has 0 spiro atoms. The molecule has 1 unspecified atom stereocenters. The molecule has 0 saturated heterocycles. The predicted octanol–water partition coefficient (Wildman–Crippen LogP) is 3.24. The molecule has 0 aliphatic carbocycles. The van der Waals surface area contributed by atoms with Gasteiger partial charge in [-0.15, -0.1) is 11.3 Å². The lowest BCUT2D eigenvalue weighted by molar-refractivity contribution is 0.0531. The molecule has 1 aromatic heterocycles. The zero-order valence-corrected chi connectivity index (χ0v) is 17.9. The maximum absolute atomic E-state index is 12.0. The molecule has 8 heteroatoms. The van der Waals surface area contributed by atoms with Crippen LogP contribution in [0.25, 0.3) is 0 Å². The predicted molar refractivity (Wildman–Crippen MR) is 112 cm³/mol. The van der Waals surface area contributed by atoms with Crippen molar-refractivity contribution >= 4 is 23.3 Å². The van der Waals surface area contributed by atoms with E-state index in [1.54, 1.807) is 14.0 Å². The van der Waals surface area contributed by atoms with Crippen molar-refractivity contribution in [2.75, 3.05) is 26.8 Å². The van der Waals surface area contributed by atoms with Crippen LogP contribution in [0.4, 0.5) is 0 Å². The van der Waals surface area contributed by atoms with Gasteiger partial charge in [0.1, 0.15) is 22.2 Å². The minimum absolute atomic E-state index is 0.101. The highest BCUT2D eigenvalue weighted by Crippen LogP contribution is 2.24. The van der Waals surface area contributed by atoms with Gasteiger partial charge in [0, 0.05) is 7.05 Å². The number of carbonyl (C=O) groups is 1. The van der Waals surface area contributed by atoms with Gasteiger partial charge in [0.25, 0.3) is 0 Å². The molecule has 1 atom stereocenters. The molecule has 0 fully saturated rings. The van der Waals surface area contributed by atoms with E-state index < -0.39 is 0 Å². The van der Waals surface area contributed by atoms with Crippen LogP contribution in [0.15, 0.2) is 29.3 Å². The first-order chi connectivity index (χ1) is 13.4. The Kier molecular flexibility index (Phi) is 8.25. The SMILES string of the molecule is CCOC(=O)c1sc(C(C)NC(=NC)NCCOc2ccc(C)cc2)nc1C. The molecule has 2 N–H and O–H groups in total. The van der Waals surface area contributed by atoms with E-state index in [0.717, 1.165) is 10.8 Å². The highest BCUT2D eigenvalue weighted by molar-refractivity contribution is 7.13. The zero-order valence-electron chi connectivity index (χ0n) is 17.0. The summed E-state index contributed by atoms with van der Waals surface area (Å²) in [6.45, 7) is 9.09. The molecule has 1 heterocycles. The van der Waals surface area contributed by atoms with Crippen molar-refractivity contribution in [3.8, 4) is 5.75 Å². The van der Waals surface area contributed by atoms with Gasteiger partial charge in [-0.3, -0.25) is 4.99 Å². The summed E-state index contributed by atoms with van der Waals surface area (Å²) in [6, 6.07) is 7.85. The van der Waals surface area contributed by atoms with E-state index in [1.165, 1.54) is 16.9 Å². The molecular weight excluding hydrogens is 376 g/mol. The van der Waals surface area contributed by atoms with Crippen LogP contribution in [-0.2, 0) is 4.74 Å². The fourth-order valence-electron chi connectivity index (χ4n) is 2.42. The number of aromatic nitrogens is 1. The van der Waals surface area contributed by atoms with Crippen LogP contribution in [0.5, 0.6) is 5.75 Å². The number of rotatable bonds is 8. The quantitative estimate of drug-likeness (QED) is 0.304. The third-order valence-corrected chi connectivity index (χ3v) is 5.23. The molecule has 0 aliphatic heterocycles. The van der Waals surface area contributed by atoms with E-state index in [-0.39, 0.29) is 12.0 Å². The van der Waals surface area contributed by atoms with Gasteiger partial charge in [0.05, 0.1) is 24.9 Å². The number of nitrogens with one attached hydrogen (secondary N) is 2. The molecule has 152 valence electrons. The van der Waals surface area contributed by atoms with E-state index in [2.05, 4.69) is 20.6 Å². The van der Waals surface area contributed by atoms with Crippen molar-refractivity contribution < 1.29 is 14.3 Å². The maximum atomic E-state index is 12.0. The summed E-state index contributed by atoms with van der Waals surface area (Å²) >= 11 is 1.34. The summed E-state index contributed by atoms with van der Waals surface area (Å²) in [7, 11) is 1.71. The smallest absolute Gasteiger partial charge is 0.350 e. The Morgan fingerprint density at radius 3 is 2.64 bits per heavy atom. The van der Waals surface area contributed by atoms with Crippen molar-refractivity contribution in [2.24, 2.45) is 4.99 Å². The molecule has 1 aromatic carbocycles. The van der Waals surface area contributed by atoms with Crippen LogP contribution in [0, 0.1) is 13.8 Å². The molecule has 2 aromatic rings. The third kappa shape index (κ3) is 6.23. The van der Waals surface area contributed by atoms with Crippen molar-refractivity contribution in [2.45, 2.75) is 33.7 Å². The van der Waals surface area contributed by atoms with Gasteiger partial charge in [-0.25, -0.2) is 9.78 Å². The molecule has 0 bridgehead atoms. The average Bonchev–Trinajstić information content (AvgIpc) is 3.07. The second-order valence-corrected chi connectivity index (χ2v) is 7.24. The monoisotopic (exact) mass is 404 g/mol. The third-order valence-electron chi connectivity index (χ3n) is 3.91. The van der Waals surface area contributed by atoms with Gasteiger partial charge < -0.3 is 20.1 Å². The first-order valence-electron chi connectivity index (χ1n) is 9.25. The number of benzene rings is 1. The van der Waals surface area contributed by atoms with Crippen molar-refractivity contribution in [1.29, 1.82) is 0 Å². The number of ether oxygens (including phenoxy) is 2. The van der Waals surface area contributed by atoms with Crippen molar-refractivity contribution in [3.63, 3.8) is 0 Å². The van der Waals surface area contributed by atoms with Crippen LogP contribution in [0.2, 0.25) is 0 Å². The topological polar surface area (TPSA) is 84.8 Å². The lowest BCUT2D eigenvalue weighted by atomic mass is 10.2. The fraction of sp³-hybridized carbons (Fsp3) is 0.450. The minimum Gasteiger partial charge on any atom is -0.492 e. The summed E-state index contributed by atoms with van der Waals surface area (Å²) in [5.74, 6) is 1.16. The standard InChI is InChI=1S/C20H28N4O3S/c1-6-26-19(25)17-14(3)23-18(28-17)15(4)24-20(21-5)22-11-12-27-16-9-7-13(2)8-10-16/h7-10,15H,6,11-12H2,1-5H3,(H2,21,22,24). The van der Waals surface area contributed by atoms with Crippen LogP contribution in [0.1, 0.15) is 45.8 Å². The lowest BCUT2D eigenvalue weighted by Crippen LogP contribution is -2.40. The number of hydrogen-bond acceptors (Lipinski definition) is 6. The number of hydrogen-bond donors (Lipinski definition) is 2. The minimum atomic E-state index is -0.327. The molecule has 0 aliphatic rings. The van der Waals surface area contributed by atoms with E-state index in [9.17, 15) is 4.79 Å². The fourth-order valence-corrected chi connectivity index (χ4v) is 3.39. The van der Waals surface area contributed by atoms with Gasteiger partial charge in [-0.2, -0.15) is 0 Å². The van der Waals surface area contributed by atoms with Gasteiger partial charge >= 0.3 is 5.97 Å². The van der Waals surface area contributed by atoms with Crippen LogP contribution in [0.3, 0.4) is 0 Å². The highest BCUT2D eigenvalue weighted by atomic mass is 32.1. The average molecular weight is 405 g/mol. The van der Waals surface area contributed by atoms with Crippen LogP contribution < -0.4 is 15.4 Å². The summed E-state index contributed by atoms with van der Waals surface area (Å²) in [6.07, 6.45) is 0. The Morgan fingerprint density at radius 2 is 2.00 bits per heavy atom. The molecule has 28 heavy (non-hydrogen) atoms. The summed E-state index contributed by atoms with van der Waals surface area (Å²) in [5, 5.41) is 7.30. The molecule has 0 saturated carbocycles. The summed E-state index contributed by atoms with van der Waals surface area (Å²) in [5.41, 5.74) is 1.88. The molecule has 0 radical (unpaired) electrons. The number of aliphatic imine (C=N–C) groups is 1. The van der Waals surface area contributed by atoms with Gasteiger partial charge in [0.2, 0.25) is 0 Å². The normalized spacial score (nSPS) is 12.4. The number of carbonyl (C=O) groups excluding carboxylic acids is 1. The Hall–Kier alpha value is -2.61. The second kappa shape index (κ2) is 10.7. The number of nitrogens with zero attached hydrogens (tertiary/aromatic N) is 2. The lowest BCUT2D eigenvalue weighted by Gasteiger charge is -2.16. The van der Waals surface area contributed by atoms with Crippen molar-refractivity contribution in [3.05, 3.63) is 45.4 Å². The van der Waals surface area contributed by atoms with Crippen LogP contribution in [-0.4, -0.2) is 43.7 Å². The van der Waals surface area contributed by atoms with E-state index in [1.807, 2.05) is 45.0 Å². The Labute approximate surface area is 170 Å². The molecule has 0 amide bonds. The highest BCUT2D eigenvalue weighted by Gasteiger charge is 2.20. The van der Waals surface area contributed by atoms with Crippen molar-refractivity contribution in [1.82, 2.24) is 15.6 Å². The first-order valence-corrected chi connectivity index (χ1v) is 10.1. The maximum Gasteiger partial charge on any atom is 0.350 e. The van der Waals surface area contributed by atoms with E-state index in [0.29, 0.717) is 36.3 Å². The Bertz CT molecular complexity index is 802. The molecule has 2 rings (SSSR count). The van der Waals surface area contributed by atoms with Crippen LogP contribution >= 0.6 is 11.3 Å². The van der Waals surface area contributed by atoms with Gasteiger partial charge in [-0.05, 0) is 39.8 Å². The Morgan fingerprint density at radius 1 is 1.29 bits per heavy atom. The second-order valence-electron chi connectivity index (χ2n) is 6.21. The molecular formula is C20H28N4O3S. The van der Waals surface area contributed by atoms with E-state index >= 15 is 0 Å². The first kappa shape index (κ1) is 21.7. The zero-order chi connectivity index (χ0) is 20.5.